The van der Waals surface area contributed by atoms with Gasteiger partial charge in [-0.05, 0) is 45.7 Å². The molecular weight excluding hydrogens is 516 g/mol. The predicted octanol–water partition coefficient (Wildman–Crippen LogP) is 4.72. The molecule has 1 heterocycles. The third-order valence-electron chi connectivity index (χ3n) is 9.38. The fourth-order valence-electron chi connectivity index (χ4n) is 7.53. The molecule has 5 nitrogen and oxygen atoms in total. The van der Waals surface area contributed by atoms with Gasteiger partial charge in [-0.15, -0.1) is 0 Å². The van der Waals surface area contributed by atoms with Crippen LogP contribution in [0.15, 0.2) is 91.0 Å². The Hall–Kier alpha value is -2.32. The Kier molecular flexibility index (Phi) is 8.67. The molecule has 214 valence electrons. The van der Waals surface area contributed by atoms with E-state index in [1.807, 2.05) is 30.3 Å². The van der Waals surface area contributed by atoms with Crippen LogP contribution in [0.25, 0.3) is 0 Å². The predicted molar refractivity (Wildman–Crippen MR) is 161 cm³/mol. The quantitative estimate of drug-likeness (QED) is 0.371. The first kappa shape index (κ1) is 29.2. The highest BCUT2D eigenvalue weighted by Crippen LogP contribution is 2.56. The number of benzene rings is 3. The van der Waals surface area contributed by atoms with Crippen molar-refractivity contribution in [1.82, 2.24) is 0 Å². The second-order valence-corrected chi connectivity index (χ2v) is 16.9. The summed E-state index contributed by atoms with van der Waals surface area (Å²) < 4.78 is 18.9. The first-order chi connectivity index (χ1) is 19.2. The molecule has 1 saturated heterocycles. The summed E-state index contributed by atoms with van der Waals surface area (Å²) in [5.74, 6) is -0.453. The van der Waals surface area contributed by atoms with Crippen molar-refractivity contribution in [2.75, 3.05) is 26.9 Å². The lowest BCUT2D eigenvalue weighted by Crippen LogP contribution is -2.67. The van der Waals surface area contributed by atoms with Gasteiger partial charge in [-0.25, -0.2) is 0 Å². The second-order valence-electron chi connectivity index (χ2n) is 12.6. The van der Waals surface area contributed by atoms with Crippen LogP contribution in [0.1, 0.15) is 45.1 Å². The van der Waals surface area contributed by atoms with Gasteiger partial charge in [0.1, 0.15) is 0 Å². The molecule has 1 aliphatic heterocycles. The molecular formula is C34H44O5Si. The Morgan fingerprint density at radius 2 is 1.45 bits per heavy atom. The largest absolute Gasteiger partial charge is 0.407 e. The molecule has 40 heavy (non-hydrogen) atoms. The van der Waals surface area contributed by atoms with Crippen molar-refractivity contribution in [2.45, 2.75) is 56.5 Å². The van der Waals surface area contributed by atoms with E-state index < -0.39 is 26.1 Å². The molecule has 6 atom stereocenters. The minimum Gasteiger partial charge on any atom is -0.407 e. The van der Waals surface area contributed by atoms with Crippen molar-refractivity contribution >= 4 is 18.7 Å². The summed E-state index contributed by atoms with van der Waals surface area (Å²) in [6.45, 7) is 8.30. The number of ether oxygens (including phenoxy) is 2. The summed E-state index contributed by atoms with van der Waals surface area (Å²) in [5, 5.41) is 25.8. The normalized spacial score (nSPS) is 28.8. The zero-order valence-corrected chi connectivity index (χ0v) is 25.2. The number of hydrogen-bond donors (Lipinski definition) is 2. The van der Waals surface area contributed by atoms with Gasteiger partial charge in [0.15, 0.2) is 6.29 Å². The average molecular weight is 561 g/mol. The second kappa shape index (κ2) is 11.9. The number of methoxy groups -OCH3 is 1. The summed E-state index contributed by atoms with van der Waals surface area (Å²) in [7, 11) is -1.03. The van der Waals surface area contributed by atoms with E-state index in [1.165, 1.54) is 10.4 Å². The average Bonchev–Trinajstić information content (AvgIpc) is 3.23. The molecule has 0 spiro atoms. The highest BCUT2D eigenvalue weighted by Gasteiger charge is 2.61. The number of aliphatic hydroxyl groups is 2. The minimum absolute atomic E-state index is 0.0560. The van der Waals surface area contributed by atoms with E-state index >= 15 is 0 Å². The lowest BCUT2D eigenvalue weighted by molar-refractivity contribution is -0.227. The SMILES string of the molecule is COCCC1CC2(O)C(COC(O)C2c2ccccc2)C1CO[Si](c1ccccc1)(c1ccccc1)C(C)(C)C. The van der Waals surface area contributed by atoms with E-state index in [9.17, 15) is 10.2 Å². The Morgan fingerprint density at radius 1 is 0.900 bits per heavy atom. The van der Waals surface area contributed by atoms with E-state index in [2.05, 4.69) is 81.4 Å². The molecule has 2 fully saturated rings. The molecule has 0 radical (unpaired) electrons. The van der Waals surface area contributed by atoms with Gasteiger partial charge in [0, 0.05) is 26.2 Å². The van der Waals surface area contributed by atoms with Gasteiger partial charge in [0.2, 0.25) is 0 Å². The fourth-order valence-corrected chi connectivity index (χ4v) is 12.1. The maximum Gasteiger partial charge on any atom is 0.261 e. The molecule has 0 aromatic heterocycles. The van der Waals surface area contributed by atoms with Crippen molar-refractivity contribution in [3.8, 4) is 0 Å². The molecule has 3 aromatic carbocycles. The van der Waals surface area contributed by atoms with Crippen LogP contribution in [0.2, 0.25) is 5.04 Å². The Morgan fingerprint density at radius 3 is 1.98 bits per heavy atom. The van der Waals surface area contributed by atoms with Gasteiger partial charge in [-0.3, -0.25) is 0 Å². The zero-order valence-electron chi connectivity index (χ0n) is 24.2. The van der Waals surface area contributed by atoms with Gasteiger partial charge in [-0.2, -0.15) is 0 Å². The summed E-state index contributed by atoms with van der Waals surface area (Å²) in [6.07, 6.45) is 0.348. The molecule has 2 aliphatic rings. The van der Waals surface area contributed by atoms with E-state index in [0.29, 0.717) is 26.2 Å². The summed E-state index contributed by atoms with van der Waals surface area (Å²) in [6, 6.07) is 31.2. The van der Waals surface area contributed by atoms with Crippen LogP contribution < -0.4 is 10.4 Å². The Bertz CT molecular complexity index is 1180. The van der Waals surface area contributed by atoms with Gasteiger partial charge in [0.05, 0.1) is 18.1 Å². The summed E-state index contributed by atoms with van der Waals surface area (Å²) in [4.78, 5) is 0. The number of aliphatic hydroxyl groups excluding tert-OH is 1. The van der Waals surface area contributed by atoms with Crippen LogP contribution >= 0.6 is 0 Å². The third-order valence-corrected chi connectivity index (χ3v) is 14.4. The molecule has 0 bridgehead atoms. The zero-order chi connectivity index (χ0) is 28.4. The minimum atomic E-state index is -2.76. The first-order valence-corrected chi connectivity index (χ1v) is 16.4. The number of hydrogen-bond acceptors (Lipinski definition) is 5. The number of fused-ring (bicyclic) bond motifs is 1. The van der Waals surface area contributed by atoms with E-state index in [0.717, 1.165) is 12.0 Å². The number of rotatable bonds is 9. The maximum absolute atomic E-state index is 12.4. The standard InChI is InChI=1S/C34H44O5Si/c1-33(2,3)40(27-16-10-6-11-17-27,28-18-12-7-13-19-28)39-23-29-26(20-21-37-4)22-34(36)30(29)24-38-32(35)31(34)25-14-8-5-9-15-25/h5-19,26,29-32,35-36H,20-24H2,1-4H3. The van der Waals surface area contributed by atoms with Gasteiger partial charge in [-0.1, -0.05) is 112 Å². The molecule has 3 aromatic rings. The lowest BCUT2D eigenvalue weighted by atomic mass is 9.72. The molecule has 0 amide bonds. The monoisotopic (exact) mass is 560 g/mol. The van der Waals surface area contributed by atoms with E-state index in [-0.39, 0.29) is 22.8 Å². The van der Waals surface area contributed by atoms with Gasteiger partial charge in [0.25, 0.3) is 8.32 Å². The van der Waals surface area contributed by atoms with Crippen molar-refractivity contribution in [3.63, 3.8) is 0 Å². The molecule has 6 heteroatoms. The first-order valence-electron chi connectivity index (χ1n) is 14.5. The molecule has 1 saturated carbocycles. The third kappa shape index (κ3) is 5.22. The molecule has 1 aliphatic carbocycles. The van der Waals surface area contributed by atoms with Crippen LogP contribution in [-0.2, 0) is 13.9 Å². The smallest absolute Gasteiger partial charge is 0.261 e. The van der Waals surface area contributed by atoms with Crippen molar-refractivity contribution < 1.29 is 24.1 Å². The Balaban J connectivity index is 1.54. The lowest BCUT2D eigenvalue weighted by Gasteiger charge is -2.47. The van der Waals surface area contributed by atoms with Crippen molar-refractivity contribution in [2.24, 2.45) is 17.8 Å². The summed E-state index contributed by atoms with van der Waals surface area (Å²) >= 11 is 0. The van der Waals surface area contributed by atoms with Crippen LogP contribution in [0.4, 0.5) is 0 Å². The van der Waals surface area contributed by atoms with Gasteiger partial charge >= 0.3 is 0 Å². The Labute approximate surface area is 240 Å². The van der Waals surface area contributed by atoms with Crippen LogP contribution in [0.5, 0.6) is 0 Å². The van der Waals surface area contributed by atoms with Crippen LogP contribution in [0, 0.1) is 17.8 Å². The topological polar surface area (TPSA) is 68.2 Å². The molecule has 5 rings (SSSR count). The highest BCUT2D eigenvalue weighted by atomic mass is 28.4. The summed E-state index contributed by atoms with van der Waals surface area (Å²) in [5.41, 5.74) is -0.196. The van der Waals surface area contributed by atoms with Crippen LogP contribution in [-0.4, -0.2) is 57.4 Å². The fraction of sp³-hybridized carbons (Fsp3) is 0.471. The van der Waals surface area contributed by atoms with Crippen molar-refractivity contribution in [3.05, 3.63) is 96.6 Å². The van der Waals surface area contributed by atoms with Crippen LogP contribution in [0.3, 0.4) is 0 Å². The van der Waals surface area contributed by atoms with E-state index in [1.54, 1.807) is 7.11 Å². The highest BCUT2D eigenvalue weighted by molar-refractivity contribution is 6.99. The van der Waals surface area contributed by atoms with Gasteiger partial charge < -0.3 is 24.1 Å². The maximum atomic E-state index is 12.4. The van der Waals surface area contributed by atoms with Crippen molar-refractivity contribution in [1.29, 1.82) is 0 Å². The molecule has 6 unspecified atom stereocenters. The van der Waals surface area contributed by atoms with E-state index in [4.69, 9.17) is 13.9 Å². The molecule has 2 N–H and O–H groups in total.